The number of halogens is 2. The number of hydrogen-bond acceptors (Lipinski definition) is 4. The summed E-state index contributed by atoms with van der Waals surface area (Å²) < 4.78 is 13.4. The zero-order chi connectivity index (χ0) is 12.4. The summed E-state index contributed by atoms with van der Waals surface area (Å²) in [5.41, 5.74) is 5.28. The summed E-state index contributed by atoms with van der Waals surface area (Å²) in [5.74, 6) is -1.24. The van der Waals surface area contributed by atoms with Crippen LogP contribution in [0.2, 0.25) is 5.28 Å². The summed E-state index contributed by atoms with van der Waals surface area (Å²) in [6.07, 6.45) is 3.35. The molecule has 1 aliphatic rings. The van der Waals surface area contributed by atoms with E-state index in [9.17, 15) is 9.18 Å². The number of nitrogens with zero attached hydrogens (tertiary/aromatic N) is 2. The van der Waals surface area contributed by atoms with Crippen LogP contribution in [0.15, 0.2) is 6.20 Å². The lowest BCUT2D eigenvalue weighted by Gasteiger charge is -2.18. The highest BCUT2D eigenvalue weighted by Gasteiger charge is 2.32. The summed E-state index contributed by atoms with van der Waals surface area (Å²) in [6, 6.07) is -0.187. The van der Waals surface area contributed by atoms with E-state index in [0.717, 1.165) is 19.0 Å². The van der Waals surface area contributed by atoms with E-state index in [1.54, 1.807) is 0 Å². The Morgan fingerprint density at radius 2 is 2.35 bits per heavy atom. The molecule has 0 aliphatic heterocycles. The molecule has 1 amide bonds. The SMILES string of the molecule is NC(=O)[C@@H]1CCC[C@@H]1Nc1nc(Cl)ncc1F. The van der Waals surface area contributed by atoms with E-state index in [-0.39, 0.29) is 29.0 Å². The Morgan fingerprint density at radius 1 is 1.59 bits per heavy atom. The van der Waals surface area contributed by atoms with Gasteiger partial charge in [-0.2, -0.15) is 4.98 Å². The number of hydrogen-bond donors (Lipinski definition) is 2. The molecule has 2 atom stereocenters. The number of nitrogens with two attached hydrogens (primary N) is 1. The normalized spacial score (nSPS) is 23.6. The molecule has 0 radical (unpaired) electrons. The Bertz CT molecular complexity index is 442. The van der Waals surface area contributed by atoms with Crippen molar-refractivity contribution in [2.45, 2.75) is 25.3 Å². The molecule has 1 fully saturated rings. The van der Waals surface area contributed by atoms with Gasteiger partial charge < -0.3 is 11.1 Å². The zero-order valence-electron chi connectivity index (χ0n) is 8.99. The molecule has 1 aliphatic carbocycles. The van der Waals surface area contributed by atoms with Crippen LogP contribution in [0.1, 0.15) is 19.3 Å². The Balaban J connectivity index is 2.15. The first kappa shape index (κ1) is 12.0. The molecular weight excluding hydrogens is 247 g/mol. The fourth-order valence-electron chi connectivity index (χ4n) is 2.10. The predicted octanol–water partition coefficient (Wildman–Crippen LogP) is 1.33. The van der Waals surface area contributed by atoms with E-state index in [4.69, 9.17) is 17.3 Å². The summed E-state index contributed by atoms with van der Waals surface area (Å²) in [4.78, 5) is 18.4. The second-order valence-corrected chi connectivity index (χ2v) is 4.36. The van der Waals surface area contributed by atoms with Crippen LogP contribution in [0, 0.1) is 11.7 Å². The number of primary amides is 1. The number of anilines is 1. The number of rotatable bonds is 3. The molecular formula is C10H12ClFN4O. The molecule has 1 aromatic heterocycles. The van der Waals surface area contributed by atoms with Crippen molar-refractivity contribution in [1.29, 1.82) is 0 Å². The molecule has 92 valence electrons. The lowest BCUT2D eigenvalue weighted by Crippen LogP contribution is -2.34. The number of carbonyl (C=O) groups is 1. The topological polar surface area (TPSA) is 80.9 Å². The largest absolute Gasteiger partial charge is 0.369 e. The van der Waals surface area contributed by atoms with Crippen LogP contribution in [0.25, 0.3) is 0 Å². The van der Waals surface area contributed by atoms with Crippen LogP contribution in [0.4, 0.5) is 10.2 Å². The molecule has 7 heteroatoms. The summed E-state index contributed by atoms with van der Waals surface area (Å²) in [7, 11) is 0. The van der Waals surface area contributed by atoms with E-state index >= 15 is 0 Å². The van der Waals surface area contributed by atoms with Crippen LogP contribution in [-0.2, 0) is 4.79 Å². The fourth-order valence-corrected chi connectivity index (χ4v) is 2.23. The average molecular weight is 259 g/mol. The fraction of sp³-hybridized carbons (Fsp3) is 0.500. The molecule has 0 spiro atoms. The van der Waals surface area contributed by atoms with Gasteiger partial charge in [-0.1, -0.05) is 6.42 Å². The predicted molar refractivity (Wildman–Crippen MR) is 60.9 cm³/mol. The van der Waals surface area contributed by atoms with E-state index in [2.05, 4.69) is 15.3 Å². The first-order valence-electron chi connectivity index (χ1n) is 5.32. The van der Waals surface area contributed by atoms with Crippen molar-refractivity contribution in [1.82, 2.24) is 9.97 Å². The standard InChI is InChI=1S/C10H12ClFN4O/c11-10-14-4-6(12)9(16-10)15-7-3-1-2-5(7)8(13)17/h4-5,7H,1-3H2,(H2,13,17)(H,14,15,16)/t5-,7+/m1/s1. The van der Waals surface area contributed by atoms with Crippen LogP contribution in [0.5, 0.6) is 0 Å². The van der Waals surface area contributed by atoms with Gasteiger partial charge in [0, 0.05) is 6.04 Å². The van der Waals surface area contributed by atoms with E-state index in [1.807, 2.05) is 0 Å². The highest BCUT2D eigenvalue weighted by molar-refractivity contribution is 6.28. The van der Waals surface area contributed by atoms with Crippen molar-refractivity contribution in [3.8, 4) is 0 Å². The van der Waals surface area contributed by atoms with Gasteiger partial charge in [-0.3, -0.25) is 4.79 Å². The third kappa shape index (κ3) is 2.63. The Morgan fingerprint density at radius 3 is 3.06 bits per heavy atom. The molecule has 1 saturated carbocycles. The van der Waals surface area contributed by atoms with Crippen LogP contribution >= 0.6 is 11.6 Å². The monoisotopic (exact) mass is 258 g/mol. The lowest BCUT2D eigenvalue weighted by atomic mass is 10.0. The minimum Gasteiger partial charge on any atom is -0.369 e. The Labute approximate surface area is 103 Å². The molecule has 1 aromatic rings. The highest BCUT2D eigenvalue weighted by atomic mass is 35.5. The maximum atomic E-state index is 13.4. The van der Waals surface area contributed by atoms with Crippen LogP contribution < -0.4 is 11.1 Å². The van der Waals surface area contributed by atoms with Crippen LogP contribution in [0.3, 0.4) is 0 Å². The zero-order valence-corrected chi connectivity index (χ0v) is 9.75. The Kier molecular flexibility index (Phi) is 3.42. The second kappa shape index (κ2) is 4.83. The number of aromatic nitrogens is 2. The summed E-state index contributed by atoms with van der Waals surface area (Å²) >= 11 is 5.58. The van der Waals surface area contributed by atoms with Crippen molar-refractivity contribution in [3.05, 3.63) is 17.3 Å². The van der Waals surface area contributed by atoms with Gasteiger partial charge in [-0.25, -0.2) is 9.37 Å². The minimum absolute atomic E-state index is 0.0168. The van der Waals surface area contributed by atoms with Crippen molar-refractivity contribution < 1.29 is 9.18 Å². The van der Waals surface area contributed by atoms with Gasteiger partial charge in [-0.05, 0) is 24.4 Å². The van der Waals surface area contributed by atoms with E-state index in [0.29, 0.717) is 6.42 Å². The maximum absolute atomic E-state index is 13.4. The molecule has 1 heterocycles. The van der Waals surface area contributed by atoms with Crippen molar-refractivity contribution >= 4 is 23.3 Å². The van der Waals surface area contributed by atoms with Gasteiger partial charge in [0.1, 0.15) is 0 Å². The van der Waals surface area contributed by atoms with Crippen LogP contribution in [-0.4, -0.2) is 21.9 Å². The molecule has 5 nitrogen and oxygen atoms in total. The van der Waals surface area contributed by atoms with Crippen molar-refractivity contribution in [3.63, 3.8) is 0 Å². The highest BCUT2D eigenvalue weighted by Crippen LogP contribution is 2.28. The smallest absolute Gasteiger partial charge is 0.224 e. The summed E-state index contributed by atoms with van der Waals surface area (Å²) in [6.45, 7) is 0. The third-order valence-electron chi connectivity index (χ3n) is 2.92. The van der Waals surface area contributed by atoms with E-state index < -0.39 is 5.82 Å². The van der Waals surface area contributed by atoms with Gasteiger partial charge in [-0.15, -0.1) is 0 Å². The van der Waals surface area contributed by atoms with Gasteiger partial charge in [0.25, 0.3) is 0 Å². The van der Waals surface area contributed by atoms with Crippen molar-refractivity contribution in [2.75, 3.05) is 5.32 Å². The molecule has 0 bridgehead atoms. The van der Waals surface area contributed by atoms with E-state index in [1.165, 1.54) is 0 Å². The number of carbonyl (C=O) groups excluding carboxylic acids is 1. The molecule has 0 aromatic carbocycles. The molecule has 2 rings (SSSR count). The quantitative estimate of drug-likeness (QED) is 0.802. The molecule has 0 unspecified atom stereocenters. The maximum Gasteiger partial charge on any atom is 0.224 e. The first-order valence-corrected chi connectivity index (χ1v) is 5.69. The lowest BCUT2D eigenvalue weighted by molar-refractivity contribution is -0.121. The van der Waals surface area contributed by atoms with Gasteiger partial charge in [0.05, 0.1) is 12.1 Å². The number of amides is 1. The molecule has 17 heavy (non-hydrogen) atoms. The first-order chi connectivity index (χ1) is 8.08. The van der Waals surface area contributed by atoms with Crippen molar-refractivity contribution in [2.24, 2.45) is 11.7 Å². The number of nitrogens with one attached hydrogen (secondary N) is 1. The third-order valence-corrected chi connectivity index (χ3v) is 3.10. The van der Waals surface area contributed by atoms with Gasteiger partial charge >= 0.3 is 0 Å². The molecule has 0 saturated heterocycles. The average Bonchev–Trinajstić information content (AvgIpc) is 2.71. The molecule has 3 N–H and O–H groups in total. The second-order valence-electron chi connectivity index (χ2n) is 4.03. The van der Waals surface area contributed by atoms with Gasteiger partial charge in [0.15, 0.2) is 11.6 Å². The minimum atomic E-state index is -0.593. The Hall–Kier alpha value is -1.43. The van der Waals surface area contributed by atoms with Gasteiger partial charge in [0.2, 0.25) is 11.2 Å². The summed E-state index contributed by atoms with van der Waals surface area (Å²) in [5, 5.41) is 2.83.